The summed E-state index contributed by atoms with van der Waals surface area (Å²) in [5, 5.41) is 2.16. The summed E-state index contributed by atoms with van der Waals surface area (Å²) in [6.07, 6.45) is 8.45. The van der Waals surface area contributed by atoms with Gasteiger partial charge in [-0.05, 0) is 12.3 Å². The maximum absolute atomic E-state index is 5.64. The largest absolute Gasteiger partial charge is 0.379 e. The average Bonchev–Trinajstić information content (AvgIpc) is 3.00. The number of nitrogens with two attached hydrogens (primary N) is 2. The Hall–Kier alpha value is -0.360. The van der Waals surface area contributed by atoms with Crippen LogP contribution in [0.3, 0.4) is 0 Å². The highest BCUT2D eigenvalue weighted by atomic mass is 32.2. The van der Waals surface area contributed by atoms with E-state index in [9.17, 15) is 0 Å². The van der Waals surface area contributed by atoms with E-state index in [0.29, 0.717) is 11.3 Å². The summed E-state index contributed by atoms with van der Waals surface area (Å²) in [5.41, 5.74) is 11.0. The Labute approximate surface area is 130 Å². The topological polar surface area (TPSA) is 76.8 Å². The predicted octanol–water partition coefficient (Wildman–Crippen LogP) is 2.82. The molecule has 3 aliphatic rings. The predicted molar refractivity (Wildman–Crippen MR) is 92.6 cm³/mol. The van der Waals surface area contributed by atoms with Gasteiger partial charge in [-0.25, -0.2) is 0 Å². The molecule has 2 aliphatic heterocycles. The van der Waals surface area contributed by atoms with Crippen molar-refractivity contribution >= 4 is 33.9 Å². The molecule has 0 radical (unpaired) electrons. The summed E-state index contributed by atoms with van der Waals surface area (Å²) in [6.45, 7) is 3.02. The van der Waals surface area contributed by atoms with Crippen molar-refractivity contribution in [3.63, 3.8) is 0 Å². The number of hydrogen-bond donors (Lipinski definition) is 2. The fourth-order valence-electron chi connectivity index (χ4n) is 2.86. The SMILES string of the molecule is CC1CN=C(N)S1.NC1=NC(CC2CCCCC2)CS1. The quantitative estimate of drug-likeness (QED) is 0.821. The van der Waals surface area contributed by atoms with Crippen LogP contribution in [0.1, 0.15) is 45.4 Å². The number of nitrogens with zero attached hydrogens (tertiary/aromatic N) is 2. The van der Waals surface area contributed by atoms with Crippen molar-refractivity contribution in [1.82, 2.24) is 0 Å². The first-order chi connectivity index (χ1) is 9.63. The Morgan fingerprint density at radius 2 is 1.90 bits per heavy atom. The van der Waals surface area contributed by atoms with Crippen molar-refractivity contribution in [3.05, 3.63) is 0 Å². The molecule has 1 fully saturated rings. The average molecular weight is 315 g/mol. The molecule has 4 N–H and O–H groups in total. The molecule has 0 aromatic heterocycles. The van der Waals surface area contributed by atoms with Gasteiger partial charge in [0.05, 0.1) is 12.6 Å². The number of amidine groups is 2. The highest BCUT2D eigenvalue weighted by Crippen LogP contribution is 2.30. The zero-order valence-electron chi connectivity index (χ0n) is 12.3. The fourth-order valence-corrected chi connectivity index (χ4v) is 4.37. The normalized spacial score (nSPS) is 30.4. The summed E-state index contributed by atoms with van der Waals surface area (Å²) in [5.74, 6) is 2.07. The molecule has 0 aromatic carbocycles. The van der Waals surface area contributed by atoms with Crippen molar-refractivity contribution in [2.75, 3.05) is 12.3 Å². The lowest BCUT2D eigenvalue weighted by Crippen LogP contribution is -2.15. The Kier molecular flexibility index (Phi) is 6.55. The van der Waals surface area contributed by atoms with Gasteiger partial charge in [0, 0.05) is 11.0 Å². The molecule has 4 nitrogen and oxygen atoms in total. The van der Waals surface area contributed by atoms with Crippen LogP contribution in [0.4, 0.5) is 0 Å². The van der Waals surface area contributed by atoms with Gasteiger partial charge in [0.15, 0.2) is 10.3 Å². The monoisotopic (exact) mass is 314 g/mol. The van der Waals surface area contributed by atoms with Crippen LogP contribution >= 0.6 is 23.5 Å². The Balaban J connectivity index is 0.000000178. The Bertz CT molecular complexity index is 364. The van der Waals surface area contributed by atoms with Gasteiger partial charge >= 0.3 is 0 Å². The van der Waals surface area contributed by atoms with Crippen LogP contribution in [0.2, 0.25) is 0 Å². The van der Waals surface area contributed by atoms with Crippen molar-refractivity contribution in [2.24, 2.45) is 27.4 Å². The van der Waals surface area contributed by atoms with E-state index < -0.39 is 0 Å². The minimum absolute atomic E-state index is 0.535. The van der Waals surface area contributed by atoms with Gasteiger partial charge in [-0.15, -0.1) is 0 Å². The zero-order chi connectivity index (χ0) is 14.4. The summed E-state index contributed by atoms with van der Waals surface area (Å²) < 4.78 is 0. The van der Waals surface area contributed by atoms with Crippen LogP contribution in [-0.2, 0) is 0 Å². The third-order valence-electron chi connectivity index (χ3n) is 3.89. The van der Waals surface area contributed by atoms with Crippen LogP contribution in [0.15, 0.2) is 9.98 Å². The van der Waals surface area contributed by atoms with Crippen molar-refractivity contribution in [3.8, 4) is 0 Å². The Morgan fingerprint density at radius 3 is 2.35 bits per heavy atom. The second-order valence-corrected chi connectivity index (χ2v) is 8.28. The van der Waals surface area contributed by atoms with E-state index >= 15 is 0 Å². The molecule has 2 atom stereocenters. The molecule has 1 aliphatic carbocycles. The van der Waals surface area contributed by atoms with E-state index in [-0.39, 0.29) is 0 Å². The van der Waals surface area contributed by atoms with Gasteiger partial charge in [0.25, 0.3) is 0 Å². The summed E-state index contributed by atoms with van der Waals surface area (Å²) in [4.78, 5) is 8.41. The summed E-state index contributed by atoms with van der Waals surface area (Å²) >= 11 is 3.37. The minimum Gasteiger partial charge on any atom is -0.379 e. The van der Waals surface area contributed by atoms with Gasteiger partial charge in [0.1, 0.15) is 0 Å². The van der Waals surface area contributed by atoms with E-state index in [0.717, 1.165) is 28.6 Å². The molecule has 0 spiro atoms. The second-order valence-electron chi connectivity index (χ2n) is 5.78. The molecule has 6 heteroatoms. The minimum atomic E-state index is 0.535. The maximum atomic E-state index is 5.64. The molecular formula is C14H26N4S2. The van der Waals surface area contributed by atoms with Crippen LogP contribution < -0.4 is 11.5 Å². The van der Waals surface area contributed by atoms with Gasteiger partial charge in [-0.3, -0.25) is 9.98 Å². The molecular weight excluding hydrogens is 288 g/mol. The lowest BCUT2D eigenvalue weighted by Gasteiger charge is -2.22. The molecule has 2 unspecified atom stereocenters. The molecule has 0 amide bonds. The molecule has 1 saturated carbocycles. The van der Waals surface area contributed by atoms with Crippen molar-refractivity contribution < 1.29 is 0 Å². The molecule has 2 heterocycles. The Morgan fingerprint density at radius 1 is 1.15 bits per heavy atom. The summed E-state index contributed by atoms with van der Waals surface area (Å²) in [6, 6.07) is 0.535. The second kappa shape index (κ2) is 8.17. The van der Waals surface area contributed by atoms with Gasteiger partial charge in [-0.1, -0.05) is 62.6 Å². The molecule has 3 rings (SSSR count). The molecule has 114 valence electrons. The highest BCUT2D eigenvalue weighted by Gasteiger charge is 2.22. The summed E-state index contributed by atoms with van der Waals surface area (Å²) in [7, 11) is 0. The number of aliphatic imine (C=N–C) groups is 2. The van der Waals surface area contributed by atoms with Gasteiger partial charge in [0.2, 0.25) is 0 Å². The highest BCUT2D eigenvalue weighted by molar-refractivity contribution is 8.14. The first-order valence-electron chi connectivity index (χ1n) is 7.56. The molecule has 20 heavy (non-hydrogen) atoms. The number of rotatable bonds is 2. The van der Waals surface area contributed by atoms with Crippen molar-refractivity contribution in [2.45, 2.75) is 56.7 Å². The lowest BCUT2D eigenvalue weighted by molar-refractivity contribution is 0.325. The lowest BCUT2D eigenvalue weighted by atomic mass is 9.85. The van der Waals surface area contributed by atoms with Crippen LogP contribution in [0.5, 0.6) is 0 Å². The van der Waals surface area contributed by atoms with Gasteiger partial charge < -0.3 is 11.5 Å². The first kappa shape index (κ1) is 16.0. The van der Waals surface area contributed by atoms with Crippen LogP contribution in [0.25, 0.3) is 0 Å². The van der Waals surface area contributed by atoms with E-state index in [1.165, 1.54) is 38.5 Å². The third kappa shape index (κ3) is 5.56. The molecule has 0 aromatic rings. The first-order valence-corrected chi connectivity index (χ1v) is 9.42. The van der Waals surface area contributed by atoms with Crippen LogP contribution in [-0.4, -0.2) is 33.9 Å². The van der Waals surface area contributed by atoms with E-state index in [1.54, 1.807) is 23.5 Å². The molecule has 0 saturated heterocycles. The third-order valence-corrected chi connectivity index (χ3v) is 5.76. The standard InChI is InChI=1S/C10H18N2S.C4H8N2S/c11-10-12-9(7-13-10)6-8-4-2-1-3-5-8;1-3-2-6-4(5)7-3/h8-9H,1-7H2,(H2,11,12);3H,2H2,1H3,(H2,5,6). The smallest absolute Gasteiger partial charge is 0.154 e. The van der Waals surface area contributed by atoms with E-state index in [1.807, 2.05) is 0 Å². The van der Waals surface area contributed by atoms with Gasteiger partial charge in [-0.2, -0.15) is 0 Å². The van der Waals surface area contributed by atoms with Crippen LogP contribution in [0, 0.1) is 5.92 Å². The maximum Gasteiger partial charge on any atom is 0.154 e. The zero-order valence-corrected chi connectivity index (χ0v) is 13.9. The number of thioether (sulfide) groups is 2. The fraction of sp³-hybridized carbons (Fsp3) is 0.857. The van der Waals surface area contributed by atoms with Crippen molar-refractivity contribution in [1.29, 1.82) is 0 Å². The number of hydrogen-bond acceptors (Lipinski definition) is 6. The van der Waals surface area contributed by atoms with E-state index in [2.05, 4.69) is 16.9 Å². The molecule has 0 bridgehead atoms. The van der Waals surface area contributed by atoms with E-state index in [4.69, 9.17) is 11.5 Å².